The van der Waals surface area contributed by atoms with Gasteiger partial charge in [0, 0.05) is 12.3 Å². The van der Waals surface area contributed by atoms with Gasteiger partial charge >= 0.3 is 0 Å². The molecular weight excluding hydrogens is 408 g/mol. The zero-order valence-electron chi connectivity index (χ0n) is 20.8. The fourth-order valence-electron chi connectivity index (χ4n) is 5.80. The van der Waals surface area contributed by atoms with Crippen LogP contribution in [0.5, 0.6) is 0 Å². The van der Waals surface area contributed by atoms with Crippen molar-refractivity contribution in [1.29, 1.82) is 0 Å². The quantitative estimate of drug-likeness (QED) is 0.522. The number of rotatable bonds is 9. The Kier molecular flexibility index (Phi) is 10.7. The van der Waals surface area contributed by atoms with Crippen LogP contribution in [0.1, 0.15) is 105 Å². The fraction of sp³-hybridized carbons (Fsp3) is 1.00. The highest BCUT2D eigenvalue weighted by Gasteiger charge is 2.37. The summed E-state index contributed by atoms with van der Waals surface area (Å²) in [4.78, 5) is 0. The van der Waals surface area contributed by atoms with Gasteiger partial charge in [0.05, 0.1) is 48.8 Å². The molecule has 2 N–H and O–H groups in total. The Balaban J connectivity index is 1.58. The van der Waals surface area contributed by atoms with Crippen molar-refractivity contribution >= 4 is 0 Å². The highest BCUT2D eigenvalue weighted by molar-refractivity contribution is 4.83. The van der Waals surface area contributed by atoms with Gasteiger partial charge in [-0.2, -0.15) is 0 Å². The van der Waals surface area contributed by atoms with Crippen molar-refractivity contribution in [1.82, 2.24) is 0 Å². The van der Waals surface area contributed by atoms with Crippen LogP contribution in [0.15, 0.2) is 0 Å². The van der Waals surface area contributed by atoms with Gasteiger partial charge in [0.15, 0.2) is 6.29 Å². The molecule has 9 atom stereocenters. The van der Waals surface area contributed by atoms with Crippen molar-refractivity contribution in [3.63, 3.8) is 0 Å². The molecule has 6 heteroatoms. The molecule has 1 saturated carbocycles. The molecule has 0 radical (unpaired) electrons. The summed E-state index contributed by atoms with van der Waals surface area (Å²) >= 11 is 0. The maximum atomic E-state index is 10.4. The van der Waals surface area contributed by atoms with Crippen LogP contribution in [0.2, 0.25) is 0 Å². The van der Waals surface area contributed by atoms with Crippen LogP contribution >= 0.6 is 0 Å². The summed E-state index contributed by atoms with van der Waals surface area (Å²) in [5.41, 5.74) is 0. The molecule has 9 unspecified atom stereocenters. The van der Waals surface area contributed by atoms with Gasteiger partial charge in [0.1, 0.15) is 0 Å². The van der Waals surface area contributed by atoms with E-state index in [1.54, 1.807) is 6.92 Å². The molecule has 3 rings (SSSR count). The molecule has 188 valence electrons. The molecule has 6 nitrogen and oxygen atoms in total. The SMILES string of the molecule is CCC1CC(CC2CC(C)OC(C3CCCC3)O2)OC(CC)CC(CC(O)CC(C)O)O1. The standard InChI is InChI=1S/C26H48O6/c1-5-21-14-24(13-20(28)11-17(3)27)30-22(6-2)15-25(31-21)16-23-12-18(4)29-26(32-23)19-9-7-8-10-19/h17-28H,5-16H2,1-4H3. The Morgan fingerprint density at radius 2 is 1.38 bits per heavy atom. The van der Waals surface area contributed by atoms with Crippen molar-refractivity contribution in [2.24, 2.45) is 5.92 Å². The summed E-state index contributed by atoms with van der Waals surface area (Å²) in [5.74, 6) is 0.544. The first-order valence-corrected chi connectivity index (χ1v) is 13.3. The van der Waals surface area contributed by atoms with Gasteiger partial charge in [-0.3, -0.25) is 0 Å². The summed E-state index contributed by atoms with van der Waals surface area (Å²) in [6, 6.07) is 0. The summed E-state index contributed by atoms with van der Waals surface area (Å²) < 4.78 is 25.7. The molecule has 3 aliphatic rings. The third kappa shape index (κ3) is 8.21. The third-order valence-corrected chi connectivity index (χ3v) is 7.48. The molecule has 32 heavy (non-hydrogen) atoms. The minimum atomic E-state index is -0.546. The number of aliphatic hydroxyl groups is 2. The van der Waals surface area contributed by atoms with Crippen molar-refractivity contribution in [2.45, 2.75) is 160 Å². The molecule has 0 spiro atoms. The molecule has 0 bridgehead atoms. The Bertz CT molecular complexity index is 506. The lowest BCUT2D eigenvalue weighted by Crippen LogP contribution is -2.44. The topological polar surface area (TPSA) is 77.4 Å². The first-order valence-electron chi connectivity index (χ1n) is 13.3. The normalized spacial score (nSPS) is 39.4. The Morgan fingerprint density at radius 1 is 0.781 bits per heavy atom. The Morgan fingerprint density at radius 3 is 2.00 bits per heavy atom. The van der Waals surface area contributed by atoms with Gasteiger partial charge in [0.25, 0.3) is 0 Å². The Labute approximate surface area is 195 Å². The van der Waals surface area contributed by atoms with Crippen LogP contribution in [0.3, 0.4) is 0 Å². The van der Waals surface area contributed by atoms with Crippen LogP contribution < -0.4 is 0 Å². The largest absolute Gasteiger partial charge is 0.393 e. The first kappa shape index (κ1) is 26.4. The second-order valence-electron chi connectivity index (χ2n) is 10.6. The number of ether oxygens (including phenoxy) is 4. The summed E-state index contributed by atoms with van der Waals surface area (Å²) in [6.45, 7) is 8.21. The van der Waals surface area contributed by atoms with Crippen molar-refractivity contribution < 1.29 is 29.2 Å². The molecule has 0 amide bonds. The molecule has 3 fully saturated rings. The van der Waals surface area contributed by atoms with Crippen molar-refractivity contribution in [3.05, 3.63) is 0 Å². The van der Waals surface area contributed by atoms with Gasteiger partial charge in [-0.25, -0.2) is 0 Å². The van der Waals surface area contributed by atoms with E-state index >= 15 is 0 Å². The minimum Gasteiger partial charge on any atom is -0.393 e. The van der Waals surface area contributed by atoms with Crippen LogP contribution in [-0.4, -0.2) is 65.3 Å². The molecule has 0 aromatic heterocycles. The van der Waals surface area contributed by atoms with Crippen LogP contribution in [0.25, 0.3) is 0 Å². The maximum Gasteiger partial charge on any atom is 0.161 e. The second-order valence-corrected chi connectivity index (χ2v) is 10.6. The predicted molar refractivity (Wildman–Crippen MR) is 124 cm³/mol. The van der Waals surface area contributed by atoms with E-state index in [1.807, 2.05) is 0 Å². The minimum absolute atomic E-state index is 0.0364. The van der Waals surface area contributed by atoms with E-state index in [2.05, 4.69) is 20.8 Å². The Hall–Kier alpha value is -0.240. The van der Waals surface area contributed by atoms with E-state index < -0.39 is 12.2 Å². The molecular formula is C26H48O6. The van der Waals surface area contributed by atoms with Gasteiger partial charge in [0.2, 0.25) is 0 Å². The lowest BCUT2D eigenvalue weighted by molar-refractivity contribution is -0.265. The smallest absolute Gasteiger partial charge is 0.161 e. The molecule has 2 saturated heterocycles. The highest BCUT2D eigenvalue weighted by atomic mass is 16.7. The molecule has 2 heterocycles. The number of hydrogen-bond donors (Lipinski definition) is 2. The second kappa shape index (κ2) is 13.0. The molecule has 0 aromatic carbocycles. The summed E-state index contributed by atoms with van der Waals surface area (Å²) in [7, 11) is 0. The number of aliphatic hydroxyl groups excluding tert-OH is 2. The van der Waals surface area contributed by atoms with Gasteiger partial charge in [-0.05, 0) is 71.6 Å². The van der Waals surface area contributed by atoms with E-state index in [4.69, 9.17) is 18.9 Å². The van der Waals surface area contributed by atoms with Crippen LogP contribution in [-0.2, 0) is 18.9 Å². The molecule has 0 aromatic rings. The number of hydrogen-bond acceptors (Lipinski definition) is 6. The zero-order valence-corrected chi connectivity index (χ0v) is 20.8. The van der Waals surface area contributed by atoms with Gasteiger partial charge in [-0.15, -0.1) is 0 Å². The average Bonchev–Trinajstić information content (AvgIpc) is 3.24. The zero-order chi connectivity index (χ0) is 23.1. The average molecular weight is 457 g/mol. The predicted octanol–water partition coefficient (Wildman–Crippen LogP) is 4.73. The van der Waals surface area contributed by atoms with E-state index in [-0.39, 0.29) is 42.9 Å². The third-order valence-electron chi connectivity index (χ3n) is 7.48. The monoisotopic (exact) mass is 456 g/mol. The van der Waals surface area contributed by atoms with Crippen LogP contribution in [0, 0.1) is 5.92 Å². The van der Waals surface area contributed by atoms with E-state index in [0.29, 0.717) is 18.8 Å². The van der Waals surface area contributed by atoms with Crippen LogP contribution in [0.4, 0.5) is 0 Å². The van der Waals surface area contributed by atoms with Gasteiger partial charge < -0.3 is 29.2 Å². The van der Waals surface area contributed by atoms with Gasteiger partial charge in [-0.1, -0.05) is 26.7 Å². The summed E-state index contributed by atoms with van der Waals surface area (Å²) in [6.07, 6.45) is 10.9. The fourth-order valence-corrected chi connectivity index (χ4v) is 5.80. The first-order chi connectivity index (χ1) is 15.4. The lowest BCUT2D eigenvalue weighted by Gasteiger charge is -2.40. The van der Waals surface area contributed by atoms with Crippen molar-refractivity contribution in [2.75, 3.05) is 0 Å². The van der Waals surface area contributed by atoms with Crippen molar-refractivity contribution in [3.8, 4) is 0 Å². The molecule has 2 aliphatic heterocycles. The maximum absolute atomic E-state index is 10.4. The lowest BCUT2D eigenvalue weighted by atomic mass is 9.95. The van der Waals surface area contributed by atoms with E-state index in [9.17, 15) is 10.2 Å². The van der Waals surface area contributed by atoms with E-state index in [1.165, 1.54) is 25.7 Å². The van der Waals surface area contributed by atoms with E-state index in [0.717, 1.165) is 38.5 Å². The summed E-state index contributed by atoms with van der Waals surface area (Å²) in [5, 5.41) is 20.0. The highest BCUT2D eigenvalue weighted by Crippen LogP contribution is 2.36. The molecule has 1 aliphatic carbocycles.